The minimum absolute atomic E-state index is 0.903. The maximum atomic E-state index is 4.06. The molecule has 0 atom stereocenters. The third-order valence-corrected chi connectivity index (χ3v) is 2.17. The summed E-state index contributed by atoms with van der Waals surface area (Å²) in [6, 6.07) is 0. The smallest absolute Gasteiger partial charge is 0.0867 e. The van der Waals surface area contributed by atoms with Gasteiger partial charge in [0.2, 0.25) is 0 Å². The number of rotatable bonds is 6. The molecular formula is C11H20N4. The standard InChI is InChI=1S/C11H20N4/c1-4-12-7-5-6-10(2)8-11-9-15(3)14-13-11/h6,9,12H,4-5,7-8H2,1-3H3/b10-6-. The molecule has 0 saturated heterocycles. The number of hydrogen-bond donors (Lipinski definition) is 1. The fraction of sp³-hybridized carbons (Fsp3) is 0.636. The molecule has 0 aromatic carbocycles. The van der Waals surface area contributed by atoms with E-state index in [2.05, 4.69) is 35.6 Å². The Morgan fingerprint density at radius 2 is 2.40 bits per heavy atom. The average molecular weight is 208 g/mol. The fourth-order valence-electron chi connectivity index (χ4n) is 1.43. The van der Waals surface area contributed by atoms with Crippen molar-refractivity contribution in [3.8, 4) is 0 Å². The lowest BCUT2D eigenvalue weighted by Crippen LogP contribution is -2.13. The van der Waals surface area contributed by atoms with Crippen molar-refractivity contribution < 1.29 is 0 Å². The van der Waals surface area contributed by atoms with E-state index in [1.165, 1.54) is 5.57 Å². The second kappa shape index (κ2) is 6.35. The molecule has 4 nitrogen and oxygen atoms in total. The number of hydrogen-bond acceptors (Lipinski definition) is 3. The molecular weight excluding hydrogens is 188 g/mol. The van der Waals surface area contributed by atoms with E-state index in [0.717, 1.165) is 31.6 Å². The first kappa shape index (κ1) is 11.9. The summed E-state index contributed by atoms with van der Waals surface area (Å²) in [4.78, 5) is 0. The largest absolute Gasteiger partial charge is 0.317 e. The van der Waals surface area contributed by atoms with Gasteiger partial charge >= 0.3 is 0 Å². The lowest BCUT2D eigenvalue weighted by Gasteiger charge is -1.99. The van der Waals surface area contributed by atoms with Gasteiger partial charge in [-0.15, -0.1) is 5.10 Å². The first-order chi connectivity index (χ1) is 7.22. The van der Waals surface area contributed by atoms with Gasteiger partial charge in [-0.25, -0.2) is 0 Å². The summed E-state index contributed by atoms with van der Waals surface area (Å²) in [5.41, 5.74) is 2.39. The Morgan fingerprint density at radius 1 is 1.60 bits per heavy atom. The van der Waals surface area contributed by atoms with Crippen LogP contribution in [0.25, 0.3) is 0 Å². The molecule has 1 aromatic rings. The third-order valence-electron chi connectivity index (χ3n) is 2.17. The molecule has 0 fully saturated rings. The number of nitrogens with zero attached hydrogens (tertiary/aromatic N) is 3. The zero-order valence-electron chi connectivity index (χ0n) is 9.82. The molecule has 15 heavy (non-hydrogen) atoms. The Hall–Kier alpha value is -1.16. The molecule has 84 valence electrons. The number of aryl methyl sites for hydroxylation is 1. The molecule has 0 radical (unpaired) electrons. The van der Waals surface area contributed by atoms with Gasteiger partial charge in [0, 0.05) is 19.7 Å². The summed E-state index contributed by atoms with van der Waals surface area (Å²) in [5, 5.41) is 11.3. The summed E-state index contributed by atoms with van der Waals surface area (Å²) < 4.78 is 1.74. The molecule has 0 aliphatic heterocycles. The monoisotopic (exact) mass is 208 g/mol. The SMILES string of the molecule is CCNCC/C=C(/C)Cc1cn(C)nn1. The summed E-state index contributed by atoms with van der Waals surface area (Å²) in [6.45, 7) is 6.35. The van der Waals surface area contributed by atoms with Gasteiger partial charge in [0.15, 0.2) is 0 Å². The Morgan fingerprint density at radius 3 is 3.00 bits per heavy atom. The number of aromatic nitrogens is 3. The summed E-state index contributed by atoms with van der Waals surface area (Å²) >= 11 is 0. The Bertz CT molecular complexity index is 314. The first-order valence-electron chi connectivity index (χ1n) is 5.44. The molecule has 1 N–H and O–H groups in total. The van der Waals surface area contributed by atoms with Gasteiger partial charge in [0.1, 0.15) is 0 Å². The van der Waals surface area contributed by atoms with Crippen molar-refractivity contribution in [2.24, 2.45) is 7.05 Å². The summed E-state index contributed by atoms with van der Waals surface area (Å²) in [6.07, 6.45) is 6.21. The number of allylic oxidation sites excluding steroid dienone is 1. The molecule has 0 bridgehead atoms. The van der Waals surface area contributed by atoms with Crippen LogP contribution in [0.1, 0.15) is 26.0 Å². The Labute approximate surface area is 91.4 Å². The van der Waals surface area contributed by atoms with Crippen LogP contribution in [0, 0.1) is 0 Å². The fourth-order valence-corrected chi connectivity index (χ4v) is 1.43. The van der Waals surface area contributed by atoms with Crippen LogP contribution in [0.5, 0.6) is 0 Å². The van der Waals surface area contributed by atoms with E-state index in [1.54, 1.807) is 4.68 Å². The maximum absolute atomic E-state index is 4.06. The molecule has 4 heteroatoms. The Kier molecular flexibility index (Phi) is 5.04. The highest BCUT2D eigenvalue weighted by atomic mass is 15.4. The second-order valence-corrected chi connectivity index (χ2v) is 3.75. The summed E-state index contributed by atoms with van der Waals surface area (Å²) in [5.74, 6) is 0. The van der Waals surface area contributed by atoms with Crippen LogP contribution in [-0.2, 0) is 13.5 Å². The van der Waals surface area contributed by atoms with Crippen molar-refractivity contribution >= 4 is 0 Å². The quantitative estimate of drug-likeness (QED) is 0.566. The second-order valence-electron chi connectivity index (χ2n) is 3.75. The maximum Gasteiger partial charge on any atom is 0.0867 e. The zero-order valence-corrected chi connectivity index (χ0v) is 9.82. The molecule has 1 rings (SSSR count). The van der Waals surface area contributed by atoms with Crippen LogP contribution >= 0.6 is 0 Å². The molecule has 0 amide bonds. The van der Waals surface area contributed by atoms with Gasteiger partial charge in [0.25, 0.3) is 0 Å². The van der Waals surface area contributed by atoms with E-state index >= 15 is 0 Å². The third kappa shape index (κ3) is 4.74. The van der Waals surface area contributed by atoms with E-state index in [-0.39, 0.29) is 0 Å². The lowest BCUT2D eigenvalue weighted by molar-refractivity contribution is 0.713. The van der Waals surface area contributed by atoms with Crippen LogP contribution in [-0.4, -0.2) is 28.1 Å². The predicted octanol–water partition coefficient (Wildman–Crippen LogP) is 1.30. The molecule has 1 heterocycles. The zero-order chi connectivity index (χ0) is 11.1. The highest BCUT2D eigenvalue weighted by molar-refractivity contribution is 5.09. The van der Waals surface area contributed by atoms with Crippen molar-refractivity contribution in [2.75, 3.05) is 13.1 Å². The average Bonchev–Trinajstić information content (AvgIpc) is 2.59. The van der Waals surface area contributed by atoms with Crippen molar-refractivity contribution in [3.05, 3.63) is 23.5 Å². The number of nitrogens with one attached hydrogen (secondary N) is 1. The van der Waals surface area contributed by atoms with E-state index in [9.17, 15) is 0 Å². The van der Waals surface area contributed by atoms with E-state index in [0.29, 0.717) is 0 Å². The van der Waals surface area contributed by atoms with E-state index < -0.39 is 0 Å². The highest BCUT2D eigenvalue weighted by Gasteiger charge is 1.98. The van der Waals surface area contributed by atoms with Crippen molar-refractivity contribution in [2.45, 2.75) is 26.7 Å². The van der Waals surface area contributed by atoms with Crippen LogP contribution in [0.15, 0.2) is 17.8 Å². The predicted molar refractivity (Wildman–Crippen MR) is 61.6 cm³/mol. The lowest BCUT2D eigenvalue weighted by atomic mass is 10.1. The topological polar surface area (TPSA) is 42.7 Å². The first-order valence-corrected chi connectivity index (χ1v) is 5.44. The minimum atomic E-state index is 0.903. The van der Waals surface area contributed by atoms with Crippen molar-refractivity contribution in [1.82, 2.24) is 20.3 Å². The molecule has 0 spiro atoms. The van der Waals surface area contributed by atoms with Crippen LogP contribution in [0.4, 0.5) is 0 Å². The van der Waals surface area contributed by atoms with Crippen LogP contribution in [0.3, 0.4) is 0 Å². The Balaban J connectivity index is 2.31. The molecule has 0 aliphatic rings. The van der Waals surface area contributed by atoms with E-state index in [4.69, 9.17) is 0 Å². The van der Waals surface area contributed by atoms with Crippen molar-refractivity contribution in [1.29, 1.82) is 0 Å². The molecule has 0 aliphatic carbocycles. The summed E-state index contributed by atoms with van der Waals surface area (Å²) in [7, 11) is 1.89. The minimum Gasteiger partial charge on any atom is -0.317 e. The van der Waals surface area contributed by atoms with Crippen molar-refractivity contribution in [3.63, 3.8) is 0 Å². The molecule has 0 saturated carbocycles. The van der Waals surface area contributed by atoms with Gasteiger partial charge in [-0.2, -0.15) is 0 Å². The van der Waals surface area contributed by atoms with Gasteiger partial charge in [0.05, 0.1) is 5.69 Å². The molecule has 1 aromatic heterocycles. The van der Waals surface area contributed by atoms with Crippen LogP contribution in [0.2, 0.25) is 0 Å². The molecule has 0 unspecified atom stereocenters. The van der Waals surface area contributed by atoms with Crippen LogP contribution < -0.4 is 5.32 Å². The van der Waals surface area contributed by atoms with E-state index in [1.807, 2.05) is 13.2 Å². The van der Waals surface area contributed by atoms with Gasteiger partial charge < -0.3 is 5.32 Å². The van der Waals surface area contributed by atoms with Gasteiger partial charge in [-0.05, 0) is 26.4 Å². The normalized spacial score (nSPS) is 12.1. The van der Waals surface area contributed by atoms with Gasteiger partial charge in [-0.3, -0.25) is 4.68 Å². The highest BCUT2D eigenvalue weighted by Crippen LogP contribution is 2.04. The van der Waals surface area contributed by atoms with Gasteiger partial charge in [-0.1, -0.05) is 23.8 Å².